The normalized spacial score (nSPS) is 12.5. The van der Waals surface area contributed by atoms with Gasteiger partial charge in [-0.1, -0.05) is 19.9 Å². The first kappa shape index (κ1) is 20.4. The molecule has 1 atom stereocenters. The van der Waals surface area contributed by atoms with E-state index in [1.165, 1.54) is 0 Å². The molecule has 2 amide bonds. The second-order valence-electron chi connectivity index (χ2n) is 6.35. The molecule has 0 aliphatic heterocycles. The number of amides is 2. The highest BCUT2D eigenvalue weighted by Crippen LogP contribution is 2.29. The number of benzene rings is 1. The highest BCUT2D eigenvalue weighted by atomic mass is 19.4. The molecule has 144 valence electrons. The van der Waals surface area contributed by atoms with Gasteiger partial charge in [0.25, 0.3) is 5.91 Å². The van der Waals surface area contributed by atoms with Crippen molar-refractivity contribution in [2.75, 3.05) is 0 Å². The molecule has 5 nitrogen and oxygen atoms in total. The average Bonchev–Trinajstić information content (AvgIpc) is 2.64. The Kier molecular flexibility index (Phi) is 6.55. The zero-order valence-electron chi connectivity index (χ0n) is 14.9. The van der Waals surface area contributed by atoms with Gasteiger partial charge in [-0.15, -0.1) is 0 Å². The quantitative estimate of drug-likeness (QED) is 0.810. The van der Waals surface area contributed by atoms with Crippen molar-refractivity contribution in [2.45, 2.75) is 32.6 Å². The van der Waals surface area contributed by atoms with Crippen LogP contribution in [0.5, 0.6) is 0 Å². The Morgan fingerprint density at radius 2 is 1.78 bits per heavy atom. The third kappa shape index (κ3) is 5.80. The van der Waals surface area contributed by atoms with Crippen molar-refractivity contribution in [3.8, 4) is 0 Å². The summed E-state index contributed by atoms with van der Waals surface area (Å²) in [6.45, 7) is 3.79. The minimum Gasteiger partial charge on any atom is -0.350 e. The molecule has 0 spiro atoms. The molecule has 1 aromatic carbocycles. The second-order valence-corrected chi connectivity index (χ2v) is 6.35. The lowest BCUT2D eigenvalue weighted by Gasteiger charge is -2.22. The van der Waals surface area contributed by atoms with E-state index in [1.54, 1.807) is 38.4 Å². The molecule has 2 rings (SSSR count). The number of halogens is 3. The third-order valence-electron chi connectivity index (χ3n) is 3.90. The number of nitrogens with zero attached hydrogens (tertiary/aromatic N) is 1. The molecular formula is C19H20F3N3O2. The molecule has 0 bridgehead atoms. The van der Waals surface area contributed by atoms with Crippen LogP contribution < -0.4 is 10.6 Å². The van der Waals surface area contributed by atoms with Crippen molar-refractivity contribution in [3.63, 3.8) is 0 Å². The molecule has 0 aliphatic carbocycles. The van der Waals surface area contributed by atoms with Gasteiger partial charge in [-0.05, 0) is 41.8 Å². The smallest absolute Gasteiger partial charge is 0.350 e. The Bertz CT molecular complexity index is 775. The van der Waals surface area contributed by atoms with Crippen molar-refractivity contribution in [1.29, 1.82) is 0 Å². The van der Waals surface area contributed by atoms with Crippen LogP contribution in [0.3, 0.4) is 0 Å². The number of aromatic nitrogens is 1. The summed E-state index contributed by atoms with van der Waals surface area (Å²) in [7, 11) is 0. The van der Waals surface area contributed by atoms with Crippen LogP contribution in [0.15, 0.2) is 48.8 Å². The molecule has 2 N–H and O–H groups in total. The molecular weight excluding hydrogens is 359 g/mol. The van der Waals surface area contributed by atoms with Crippen molar-refractivity contribution in [2.24, 2.45) is 5.92 Å². The van der Waals surface area contributed by atoms with Gasteiger partial charge >= 0.3 is 6.18 Å². The first-order valence-corrected chi connectivity index (χ1v) is 8.33. The first-order chi connectivity index (χ1) is 12.7. The van der Waals surface area contributed by atoms with E-state index in [1.807, 2.05) is 0 Å². The molecule has 0 fully saturated rings. The molecule has 1 aromatic heterocycles. The van der Waals surface area contributed by atoms with Gasteiger partial charge in [-0.2, -0.15) is 13.2 Å². The van der Waals surface area contributed by atoms with Crippen LogP contribution in [0.1, 0.15) is 35.3 Å². The highest BCUT2D eigenvalue weighted by Gasteiger charge is 2.30. The number of rotatable bonds is 6. The number of hydrogen-bond donors (Lipinski definition) is 2. The monoisotopic (exact) mass is 379 g/mol. The van der Waals surface area contributed by atoms with Gasteiger partial charge in [0.1, 0.15) is 6.04 Å². The van der Waals surface area contributed by atoms with E-state index in [0.717, 1.165) is 29.8 Å². The van der Waals surface area contributed by atoms with Gasteiger partial charge in [0.05, 0.1) is 5.56 Å². The summed E-state index contributed by atoms with van der Waals surface area (Å²) in [6.07, 6.45) is -1.24. The Balaban J connectivity index is 2.02. The number of carbonyl (C=O) groups excluding carboxylic acids is 2. The maximum absolute atomic E-state index is 12.6. The molecule has 0 aliphatic rings. The van der Waals surface area contributed by atoms with Crippen LogP contribution >= 0.6 is 0 Å². The Morgan fingerprint density at radius 3 is 2.30 bits per heavy atom. The molecule has 8 heteroatoms. The first-order valence-electron chi connectivity index (χ1n) is 8.33. The zero-order chi connectivity index (χ0) is 20.0. The van der Waals surface area contributed by atoms with Crippen LogP contribution in [-0.2, 0) is 17.5 Å². The lowest BCUT2D eigenvalue weighted by molar-refractivity contribution is -0.137. The van der Waals surface area contributed by atoms with E-state index in [9.17, 15) is 22.8 Å². The van der Waals surface area contributed by atoms with Gasteiger partial charge < -0.3 is 10.6 Å². The van der Waals surface area contributed by atoms with Gasteiger partial charge in [0, 0.05) is 24.5 Å². The van der Waals surface area contributed by atoms with Gasteiger partial charge in [-0.3, -0.25) is 14.6 Å². The summed E-state index contributed by atoms with van der Waals surface area (Å²) >= 11 is 0. The van der Waals surface area contributed by atoms with Crippen LogP contribution in [0.4, 0.5) is 13.2 Å². The maximum Gasteiger partial charge on any atom is 0.416 e. The van der Waals surface area contributed by atoms with E-state index in [4.69, 9.17) is 0 Å². The standard InChI is InChI=1S/C19H20F3N3O2/c1-12(2)16(18(27)24-11-13-4-3-9-23-10-13)25-17(26)14-5-7-15(8-6-14)19(20,21)22/h3-10,12,16H,11H2,1-2H3,(H,24,27)(H,25,26)/t16-/m0/s1. The minimum atomic E-state index is -4.47. The van der Waals surface area contributed by atoms with E-state index in [-0.39, 0.29) is 23.9 Å². The van der Waals surface area contributed by atoms with Crippen molar-refractivity contribution >= 4 is 11.8 Å². The van der Waals surface area contributed by atoms with Crippen LogP contribution in [0.25, 0.3) is 0 Å². The summed E-state index contributed by atoms with van der Waals surface area (Å²) in [5.41, 5.74) is 0.0183. The van der Waals surface area contributed by atoms with Crippen LogP contribution in [0, 0.1) is 5.92 Å². The van der Waals surface area contributed by atoms with E-state index >= 15 is 0 Å². The molecule has 27 heavy (non-hydrogen) atoms. The summed E-state index contributed by atoms with van der Waals surface area (Å²) in [4.78, 5) is 28.7. The maximum atomic E-state index is 12.6. The molecule has 0 radical (unpaired) electrons. The highest BCUT2D eigenvalue weighted by molar-refractivity contribution is 5.97. The van der Waals surface area contributed by atoms with Gasteiger partial charge in [-0.25, -0.2) is 0 Å². The summed E-state index contributed by atoms with van der Waals surface area (Å²) in [5, 5.41) is 5.30. The molecule has 1 heterocycles. The fraction of sp³-hybridized carbons (Fsp3) is 0.316. The number of nitrogens with one attached hydrogen (secondary N) is 2. The SMILES string of the molecule is CC(C)[C@H](NC(=O)c1ccc(C(F)(F)F)cc1)C(=O)NCc1cccnc1. The van der Waals surface area contributed by atoms with E-state index < -0.39 is 23.7 Å². The van der Waals surface area contributed by atoms with Crippen molar-refractivity contribution < 1.29 is 22.8 Å². The Labute approximate surface area is 155 Å². The van der Waals surface area contributed by atoms with E-state index in [0.29, 0.717) is 0 Å². The van der Waals surface area contributed by atoms with Crippen LogP contribution in [0.2, 0.25) is 0 Å². The second kappa shape index (κ2) is 8.66. The predicted octanol–water partition coefficient (Wildman–Crippen LogP) is 3.17. The predicted molar refractivity (Wildman–Crippen MR) is 93.6 cm³/mol. The number of hydrogen-bond acceptors (Lipinski definition) is 3. The molecule has 2 aromatic rings. The Hall–Kier alpha value is -2.90. The van der Waals surface area contributed by atoms with Gasteiger partial charge in [0.2, 0.25) is 5.91 Å². The lowest BCUT2D eigenvalue weighted by Crippen LogP contribution is -2.49. The number of carbonyl (C=O) groups is 2. The van der Waals surface area contributed by atoms with Crippen LogP contribution in [-0.4, -0.2) is 22.8 Å². The summed E-state index contributed by atoms with van der Waals surface area (Å²) in [6, 6.07) is 6.57. The number of alkyl halides is 3. The molecule has 0 saturated carbocycles. The third-order valence-corrected chi connectivity index (χ3v) is 3.90. The largest absolute Gasteiger partial charge is 0.416 e. The summed E-state index contributed by atoms with van der Waals surface area (Å²) < 4.78 is 37.8. The van der Waals surface area contributed by atoms with Crippen molar-refractivity contribution in [1.82, 2.24) is 15.6 Å². The molecule has 0 unspecified atom stereocenters. The van der Waals surface area contributed by atoms with Gasteiger partial charge in [0.15, 0.2) is 0 Å². The average molecular weight is 379 g/mol. The van der Waals surface area contributed by atoms with E-state index in [2.05, 4.69) is 15.6 Å². The van der Waals surface area contributed by atoms with Crippen molar-refractivity contribution in [3.05, 3.63) is 65.5 Å². The molecule has 0 saturated heterocycles. The fourth-order valence-corrected chi connectivity index (χ4v) is 2.37. The fourth-order valence-electron chi connectivity index (χ4n) is 2.37. The summed E-state index contributed by atoms with van der Waals surface area (Å²) in [5.74, 6) is -1.20. The lowest BCUT2D eigenvalue weighted by atomic mass is 10.0. The zero-order valence-corrected chi connectivity index (χ0v) is 14.9. The number of pyridine rings is 1. The topological polar surface area (TPSA) is 71.1 Å². The Morgan fingerprint density at radius 1 is 1.11 bits per heavy atom. The minimum absolute atomic E-state index is 0.0497.